The number of ether oxygens (including phenoxy) is 1. The van der Waals surface area contributed by atoms with Gasteiger partial charge in [0.25, 0.3) is 0 Å². The van der Waals surface area contributed by atoms with Crippen molar-refractivity contribution in [3.63, 3.8) is 0 Å². The maximum atomic E-state index is 13.3. The Morgan fingerprint density at radius 1 is 1.19 bits per heavy atom. The van der Waals surface area contributed by atoms with Crippen LogP contribution >= 0.6 is 15.9 Å². The van der Waals surface area contributed by atoms with Gasteiger partial charge in [0.15, 0.2) is 5.78 Å². The second-order valence-corrected chi connectivity index (χ2v) is 8.48. The minimum atomic E-state index is -0.359. The van der Waals surface area contributed by atoms with Crippen LogP contribution in [0.25, 0.3) is 10.9 Å². The summed E-state index contributed by atoms with van der Waals surface area (Å²) in [6.07, 6.45) is 0.0540. The van der Waals surface area contributed by atoms with Crippen LogP contribution < -0.4 is 10.5 Å². The van der Waals surface area contributed by atoms with Crippen LogP contribution in [-0.4, -0.2) is 16.9 Å². The summed E-state index contributed by atoms with van der Waals surface area (Å²) in [5, 5.41) is 0.913. The first-order chi connectivity index (χ1) is 12.2. The number of aromatic amines is 1. The molecule has 0 spiro atoms. The van der Waals surface area contributed by atoms with Gasteiger partial charge in [0.1, 0.15) is 5.75 Å². The van der Waals surface area contributed by atoms with E-state index < -0.39 is 0 Å². The van der Waals surface area contributed by atoms with Crippen LogP contribution in [0, 0.1) is 0 Å². The van der Waals surface area contributed by atoms with Crippen LogP contribution in [0.15, 0.2) is 34.8 Å². The summed E-state index contributed by atoms with van der Waals surface area (Å²) in [5.41, 5.74) is 10.5. The van der Waals surface area contributed by atoms with Crippen molar-refractivity contribution >= 4 is 38.3 Å². The number of rotatable bonds is 2. The minimum absolute atomic E-state index is 0.0298. The molecule has 5 heteroatoms. The first kappa shape index (κ1) is 17.2. The first-order valence-corrected chi connectivity index (χ1v) is 9.46. The number of fused-ring (bicyclic) bond motifs is 4. The molecule has 1 aromatic heterocycles. The Morgan fingerprint density at radius 3 is 2.62 bits per heavy atom. The van der Waals surface area contributed by atoms with Crippen LogP contribution in [0.3, 0.4) is 0 Å². The van der Waals surface area contributed by atoms with Crippen molar-refractivity contribution in [2.45, 2.75) is 39.2 Å². The molecule has 0 amide bonds. The molecule has 0 saturated carbocycles. The number of aromatic nitrogens is 1. The number of hydrogen-bond donors (Lipinski definition) is 2. The molecule has 0 saturated heterocycles. The molecule has 1 heterocycles. The Hall–Kier alpha value is -2.27. The maximum Gasteiger partial charge on any atom is 0.195 e. The van der Waals surface area contributed by atoms with Gasteiger partial charge in [0, 0.05) is 33.3 Å². The molecule has 3 aromatic rings. The van der Waals surface area contributed by atoms with Gasteiger partial charge in [0.05, 0.1) is 16.1 Å². The van der Waals surface area contributed by atoms with Gasteiger partial charge in [-0.2, -0.15) is 0 Å². The highest BCUT2D eigenvalue weighted by atomic mass is 79.9. The average Bonchev–Trinajstić information content (AvgIpc) is 2.93. The molecule has 4 rings (SSSR count). The zero-order valence-corrected chi connectivity index (χ0v) is 16.8. The summed E-state index contributed by atoms with van der Waals surface area (Å²) in [6, 6.07) is 9.51. The van der Waals surface area contributed by atoms with Gasteiger partial charge in [-0.25, -0.2) is 0 Å². The third-order valence-corrected chi connectivity index (χ3v) is 5.65. The fraction of sp³-hybridized carbons (Fsp3) is 0.286. The predicted octanol–water partition coefficient (Wildman–Crippen LogP) is 5.17. The normalized spacial score (nSPS) is 15.2. The van der Waals surface area contributed by atoms with Gasteiger partial charge in [-0.1, -0.05) is 19.9 Å². The van der Waals surface area contributed by atoms with E-state index in [-0.39, 0.29) is 17.3 Å². The van der Waals surface area contributed by atoms with E-state index in [0.29, 0.717) is 11.3 Å². The molecule has 0 radical (unpaired) electrons. The van der Waals surface area contributed by atoms with Gasteiger partial charge in [-0.15, -0.1) is 0 Å². The Kier molecular flexibility index (Phi) is 3.70. The Labute approximate surface area is 160 Å². The summed E-state index contributed by atoms with van der Waals surface area (Å²) in [4.78, 5) is 16.8. The Balaban J connectivity index is 2.00. The summed E-state index contributed by atoms with van der Waals surface area (Å²) < 4.78 is 6.71. The van der Waals surface area contributed by atoms with E-state index >= 15 is 0 Å². The molecule has 0 unspecified atom stereocenters. The Morgan fingerprint density at radius 2 is 1.92 bits per heavy atom. The van der Waals surface area contributed by atoms with Crippen molar-refractivity contribution in [1.29, 1.82) is 0 Å². The highest BCUT2D eigenvalue weighted by Crippen LogP contribution is 2.46. The molecule has 0 fully saturated rings. The quantitative estimate of drug-likeness (QED) is 0.570. The standard InChI is InChI=1S/C21H21BrN2O2/c1-10(2)26-17-9-14-13(8-15(17)22)19(25)18-12-6-5-11(23)7-16(12)24-20(18)21(14,3)4/h5-10,24H,23H2,1-4H3. The van der Waals surface area contributed by atoms with Gasteiger partial charge in [0.2, 0.25) is 0 Å². The number of carbonyl (C=O) groups is 1. The fourth-order valence-electron chi connectivity index (χ4n) is 3.79. The topological polar surface area (TPSA) is 68.1 Å². The molecule has 3 N–H and O–H groups in total. The number of hydrogen-bond acceptors (Lipinski definition) is 3. The van der Waals surface area contributed by atoms with Crippen LogP contribution in [0.1, 0.15) is 54.9 Å². The molecule has 26 heavy (non-hydrogen) atoms. The molecule has 2 aromatic carbocycles. The smallest absolute Gasteiger partial charge is 0.195 e. The van der Waals surface area contributed by atoms with Gasteiger partial charge >= 0.3 is 0 Å². The third-order valence-electron chi connectivity index (χ3n) is 5.03. The lowest BCUT2D eigenvalue weighted by Crippen LogP contribution is -2.30. The molecule has 4 nitrogen and oxygen atoms in total. The van der Waals surface area contributed by atoms with Crippen LogP contribution in [-0.2, 0) is 5.41 Å². The van der Waals surface area contributed by atoms with E-state index in [1.54, 1.807) is 0 Å². The molecule has 134 valence electrons. The molecule has 1 aliphatic rings. The lowest BCUT2D eigenvalue weighted by molar-refractivity contribution is 0.103. The van der Waals surface area contributed by atoms with Crippen molar-refractivity contribution < 1.29 is 9.53 Å². The van der Waals surface area contributed by atoms with Crippen molar-refractivity contribution in [3.8, 4) is 5.75 Å². The first-order valence-electron chi connectivity index (χ1n) is 8.67. The molecule has 1 aliphatic carbocycles. The average molecular weight is 413 g/mol. The van der Waals surface area contributed by atoms with Crippen LogP contribution in [0.4, 0.5) is 5.69 Å². The lowest BCUT2D eigenvalue weighted by Gasteiger charge is -2.33. The van der Waals surface area contributed by atoms with Crippen molar-refractivity contribution in [2.75, 3.05) is 5.73 Å². The van der Waals surface area contributed by atoms with E-state index in [1.807, 2.05) is 44.2 Å². The summed E-state index contributed by atoms with van der Waals surface area (Å²) >= 11 is 3.56. The number of H-pyrrole nitrogens is 1. The molecular weight excluding hydrogens is 392 g/mol. The number of nitrogen functional groups attached to an aromatic ring is 1. The third kappa shape index (κ3) is 2.37. The van der Waals surface area contributed by atoms with Crippen LogP contribution in [0.5, 0.6) is 5.75 Å². The highest BCUT2D eigenvalue weighted by molar-refractivity contribution is 9.10. The zero-order chi connectivity index (χ0) is 18.8. The lowest BCUT2D eigenvalue weighted by atomic mass is 9.71. The van der Waals surface area contributed by atoms with Crippen LogP contribution in [0.2, 0.25) is 0 Å². The largest absolute Gasteiger partial charge is 0.490 e. The molecule has 0 bridgehead atoms. The van der Waals surface area contributed by atoms with E-state index in [4.69, 9.17) is 10.5 Å². The number of benzene rings is 2. The number of nitrogens with two attached hydrogens (primary N) is 1. The maximum absolute atomic E-state index is 13.3. The number of ketones is 1. The number of nitrogens with one attached hydrogen (secondary N) is 1. The van der Waals surface area contributed by atoms with E-state index in [9.17, 15) is 4.79 Å². The zero-order valence-electron chi connectivity index (χ0n) is 15.2. The summed E-state index contributed by atoms with van der Waals surface area (Å²) in [7, 11) is 0. The SMILES string of the molecule is CC(C)Oc1cc2c(cc1Br)C(=O)c1c([nH]c3cc(N)ccc13)C2(C)C. The predicted molar refractivity (Wildman–Crippen MR) is 108 cm³/mol. The summed E-state index contributed by atoms with van der Waals surface area (Å²) in [6.45, 7) is 8.23. The second-order valence-electron chi connectivity index (χ2n) is 7.63. The van der Waals surface area contributed by atoms with E-state index in [1.165, 1.54) is 0 Å². The molecular formula is C21H21BrN2O2. The monoisotopic (exact) mass is 412 g/mol. The highest BCUT2D eigenvalue weighted by Gasteiger charge is 2.40. The number of halogens is 1. The second kappa shape index (κ2) is 5.61. The van der Waals surface area contributed by atoms with Gasteiger partial charge in [-0.05, 0) is 59.6 Å². The van der Waals surface area contributed by atoms with Crippen molar-refractivity contribution in [2.24, 2.45) is 0 Å². The van der Waals surface area contributed by atoms with E-state index in [2.05, 4.69) is 34.8 Å². The fourth-order valence-corrected chi connectivity index (χ4v) is 4.23. The Bertz CT molecular complexity index is 1060. The number of carbonyl (C=O) groups excluding carboxylic acids is 1. The molecule has 0 aliphatic heterocycles. The van der Waals surface area contributed by atoms with Crippen molar-refractivity contribution in [1.82, 2.24) is 4.98 Å². The van der Waals surface area contributed by atoms with Gasteiger partial charge < -0.3 is 15.5 Å². The molecule has 0 atom stereocenters. The summed E-state index contributed by atoms with van der Waals surface area (Å²) in [5.74, 6) is 0.783. The van der Waals surface area contributed by atoms with E-state index in [0.717, 1.165) is 37.9 Å². The van der Waals surface area contributed by atoms with Gasteiger partial charge in [-0.3, -0.25) is 4.79 Å². The van der Waals surface area contributed by atoms with Crippen molar-refractivity contribution in [3.05, 3.63) is 57.2 Å². The number of anilines is 1. The minimum Gasteiger partial charge on any atom is -0.490 e.